The van der Waals surface area contributed by atoms with Crippen LogP contribution in [-0.4, -0.2) is 49.3 Å². The van der Waals surface area contributed by atoms with Crippen LogP contribution >= 0.6 is 0 Å². The Hall–Kier alpha value is -2.12. The highest BCUT2D eigenvalue weighted by Gasteiger charge is 2.15. The predicted molar refractivity (Wildman–Crippen MR) is 75.7 cm³/mol. The highest BCUT2D eigenvalue weighted by molar-refractivity contribution is 5.67. The van der Waals surface area contributed by atoms with Gasteiger partial charge in [0.15, 0.2) is 6.10 Å². The molecule has 0 heterocycles. The van der Waals surface area contributed by atoms with E-state index in [0.717, 1.165) is 0 Å². The Balaban J connectivity index is 0. The SMILES string of the molecule is CC(=O)OC(C)C.CC(=O)OCC(COC(C)=O)OC(C)=O. The average Bonchev–Trinajstić information content (AvgIpc) is 2.30. The molecule has 0 aromatic rings. The largest absolute Gasteiger partial charge is 0.463 e. The van der Waals surface area contributed by atoms with E-state index in [1.54, 1.807) is 0 Å². The summed E-state index contributed by atoms with van der Waals surface area (Å²) in [6.45, 7) is 8.48. The summed E-state index contributed by atoms with van der Waals surface area (Å²) in [5, 5.41) is 0. The molecule has 8 heteroatoms. The molecule has 0 N–H and O–H groups in total. The van der Waals surface area contributed by atoms with Gasteiger partial charge in [-0.15, -0.1) is 0 Å². The maximum absolute atomic E-state index is 10.6. The summed E-state index contributed by atoms with van der Waals surface area (Å²) in [4.78, 5) is 41.7. The van der Waals surface area contributed by atoms with E-state index in [2.05, 4.69) is 14.2 Å². The minimum atomic E-state index is -0.754. The number of carbonyl (C=O) groups is 4. The molecule has 0 saturated heterocycles. The van der Waals surface area contributed by atoms with Gasteiger partial charge in [-0.1, -0.05) is 0 Å². The van der Waals surface area contributed by atoms with E-state index in [1.807, 2.05) is 13.8 Å². The molecule has 0 radical (unpaired) electrons. The van der Waals surface area contributed by atoms with Crippen LogP contribution in [0.4, 0.5) is 0 Å². The maximum atomic E-state index is 10.6. The topological polar surface area (TPSA) is 105 Å². The summed E-state index contributed by atoms with van der Waals surface area (Å²) in [7, 11) is 0. The van der Waals surface area contributed by atoms with Crippen molar-refractivity contribution in [3.05, 3.63) is 0 Å². The van der Waals surface area contributed by atoms with Crippen molar-refractivity contribution in [2.45, 2.75) is 53.8 Å². The molecular formula is C14H24O8. The second-order valence-corrected chi connectivity index (χ2v) is 4.49. The summed E-state index contributed by atoms with van der Waals surface area (Å²) in [5.74, 6) is -1.72. The zero-order valence-electron chi connectivity index (χ0n) is 13.8. The molecule has 0 aliphatic rings. The first kappa shape index (κ1) is 22.2. The van der Waals surface area contributed by atoms with Crippen LogP contribution in [-0.2, 0) is 38.1 Å². The highest BCUT2D eigenvalue weighted by atomic mass is 16.6. The van der Waals surface area contributed by atoms with Gasteiger partial charge in [0.25, 0.3) is 0 Å². The first-order valence-corrected chi connectivity index (χ1v) is 6.65. The van der Waals surface area contributed by atoms with E-state index in [9.17, 15) is 19.2 Å². The molecule has 0 unspecified atom stereocenters. The molecule has 128 valence electrons. The lowest BCUT2D eigenvalue weighted by molar-refractivity contribution is -0.163. The Labute approximate surface area is 130 Å². The third kappa shape index (κ3) is 20.2. The normalized spacial score (nSPS) is 9.45. The van der Waals surface area contributed by atoms with Crippen LogP contribution in [0.1, 0.15) is 41.5 Å². The van der Waals surface area contributed by atoms with Gasteiger partial charge in [-0.3, -0.25) is 19.2 Å². The van der Waals surface area contributed by atoms with Crippen LogP contribution in [0.5, 0.6) is 0 Å². The van der Waals surface area contributed by atoms with Gasteiger partial charge in [0.2, 0.25) is 0 Å². The number of ether oxygens (including phenoxy) is 4. The van der Waals surface area contributed by atoms with Crippen LogP contribution in [0.15, 0.2) is 0 Å². The van der Waals surface area contributed by atoms with E-state index >= 15 is 0 Å². The highest BCUT2D eigenvalue weighted by Crippen LogP contribution is 1.97. The van der Waals surface area contributed by atoms with Crippen molar-refractivity contribution in [2.24, 2.45) is 0 Å². The fraction of sp³-hybridized carbons (Fsp3) is 0.714. The molecule has 0 saturated carbocycles. The summed E-state index contributed by atoms with van der Waals surface area (Å²) in [6.07, 6.45) is -0.729. The Morgan fingerprint density at radius 3 is 1.23 bits per heavy atom. The Morgan fingerprint density at radius 2 is 1.05 bits per heavy atom. The van der Waals surface area contributed by atoms with Crippen molar-refractivity contribution in [3.63, 3.8) is 0 Å². The fourth-order valence-electron chi connectivity index (χ4n) is 1.10. The van der Waals surface area contributed by atoms with E-state index in [-0.39, 0.29) is 25.3 Å². The molecule has 0 spiro atoms. The van der Waals surface area contributed by atoms with Crippen LogP contribution < -0.4 is 0 Å². The Kier molecular flexibility index (Phi) is 12.7. The molecule has 0 aliphatic heterocycles. The van der Waals surface area contributed by atoms with Crippen molar-refractivity contribution in [3.8, 4) is 0 Å². The monoisotopic (exact) mass is 320 g/mol. The second kappa shape index (κ2) is 12.6. The molecule has 0 amide bonds. The number of esters is 4. The van der Waals surface area contributed by atoms with Gasteiger partial charge in [0.1, 0.15) is 13.2 Å². The number of hydrogen-bond acceptors (Lipinski definition) is 8. The van der Waals surface area contributed by atoms with Crippen molar-refractivity contribution < 1.29 is 38.1 Å². The van der Waals surface area contributed by atoms with E-state index in [4.69, 9.17) is 4.74 Å². The second-order valence-electron chi connectivity index (χ2n) is 4.49. The first-order chi connectivity index (χ1) is 10.0. The van der Waals surface area contributed by atoms with Crippen molar-refractivity contribution >= 4 is 23.9 Å². The zero-order valence-corrected chi connectivity index (χ0v) is 13.8. The van der Waals surface area contributed by atoms with Crippen LogP contribution in [0.2, 0.25) is 0 Å². The van der Waals surface area contributed by atoms with Gasteiger partial charge in [0, 0.05) is 27.7 Å². The van der Waals surface area contributed by atoms with E-state index in [0.29, 0.717) is 0 Å². The lowest BCUT2D eigenvalue weighted by Crippen LogP contribution is -2.29. The van der Waals surface area contributed by atoms with Crippen molar-refractivity contribution in [2.75, 3.05) is 13.2 Å². The van der Waals surface area contributed by atoms with Crippen LogP contribution in [0.3, 0.4) is 0 Å². The zero-order chi connectivity index (χ0) is 17.7. The Morgan fingerprint density at radius 1 is 0.682 bits per heavy atom. The van der Waals surface area contributed by atoms with Gasteiger partial charge in [-0.25, -0.2) is 0 Å². The lowest BCUT2D eigenvalue weighted by Gasteiger charge is -2.15. The van der Waals surface area contributed by atoms with Crippen molar-refractivity contribution in [1.82, 2.24) is 0 Å². The number of carbonyl (C=O) groups excluding carboxylic acids is 4. The molecule has 8 nitrogen and oxygen atoms in total. The molecule has 0 aromatic carbocycles. The molecule has 22 heavy (non-hydrogen) atoms. The van der Waals surface area contributed by atoms with Gasteiger partial charge < -0.3 is 18.9 Å². The minimum absolute atomic E-state index is 0.0255. The molecular weight excluding hydrogens is 296 g/mol. The first-order valence-electron chi connectivity index (χ1n) is 6.65. The fourth-order valence-corrected chi connectivity index (χ4v) is 1.10. The third-order valence-corrected chi connectivity index (χ3v) is 1.68. The quantitative estimate of drug-likeness (QED) is 0.527. The smallest absolute Gasteiger partial charge is 0.303 e. The summed E-state index contributed by atoms with van der Waals surface area (Å²) in [5.41, 5.74) is 0. The summed E-state index contributed by atoms with van der Waals surface area (Å²) in [6, 6.07) is 0. The molecule has 0 aliphatic carbocycles. The van der Waals surface area contributed by atoms with Gasteiger partial charge in [0.05, 0.1) is 6.10 Å². The molecule has 0 fully saturated rings. The molecule has 0 rings (SSSR count). The van der Waals surface area contributed by atoms with E-state index in [1.165, 1.54) is 27.7 Å². The molecule has 0 aromatic heterocycles. The van der Waals surface area contributed by atoms with Gasteiger partial charge in [-0.2, -0.15) is 0 Å². The Bertz CT molecular complexity index is 357. The predicted octanol–water partition coefficient (Wildman–Crippen LogP) is 1.00. The lowest BCUT2D eigenvalue weighted by atomic mass is 10.4. The molecule has 0 bridgehead atoms. The van der Waals surface area contributed by atoms with Gasteiger partial charge in [-0.05, 0) is 13.8 Å². The van der Waals surface area contributed by atoms with E-state index < -0.39 is 24.0 Å². The van der Waals surface area contributed by atoms with Crippen LogP contribution in [0.25, 0.3) is 0 Å². The standard InChI is InChI=1S/C9H14O6.C5H10O2/c1-6(10)13-4-9(15-8(3)12)5-14-7(2)11;1-4(2)7-5(3)6/h9H,4-5H2,1-3H3;4H,1-3H3. The minimum Gasteiger partial charge on any atom is -0.463 e. The van der Waals surface area contributed by atoms with Gasteiger partial charge >= 0.3 is 23.9 Å². The average molecular weight is 320 g/mol. The van der Waals surface area contributed by atoms with Crippen molar-refractivity contribution in [1.29, 1.82) is 0 Å². The van der Waals surface area contributed by atoms with Crippen LogP contribution in [0, 0.1) is 0 Å². The maximum Gasteiger partial charge on any atom is 0.303 e. The number of rotatable bonds is 6. The molecule has 0 atom stereocenters. The summed E-state index contributed by atoms with van der Waals surface area (Å²) < 4.78 is 18.6. The third-order valence-electron chi connectivity index (χ3n) is 1.68. The summed E-state index contributed by atoms with van der Waals surface area (Å²) >= 11 is 0. The number of hydrogen-bond donors (Lipinski definition) is 0.